The van der Waals surface area contributed by atoms with Gasteiger partial charge in [-0.1, -0.05) is 17.7 Å². The second-order valence-corrected chi connectivity index (χ2v) is 6.14. The summed E-state index contributed by atoms with van der Waals surface area (Å²) in [6.07, 6.45) is 0. The van der Waals surface area contributed by atoms with Gasteiger partial charge in [-0.2, -0.15) is 0 Å². The summed E-state index contributed by atoms with van der Waals surface area (Å²) in [7, 11) is 4.67. The van der Waals surface area contributed by atoms with E-state index in [4.69, 9.17) is 25.8 Å². The number of halogens is 1. The van der Waals surface area contributed by atoms with Crippen molar-refractivity contribution in [2.24, 2.45) is 0 Å². The molecule has 0 fully saturated rings. The average Bonchev–Trinajstić information content (AvgIpc) is 2.66. The molecule has 8 heteroatoms. The van der Waals surface area contributed by atoms with E-state index in [-0.39, 0.29) is 10.7 Å². The highest BCUT2D eigenvalue weighted by Gasteiger charge is 2.21. The van der Waals surface area contributed by atoms with Gasteiger partial charge >= 0.3 is 0 Å². The van der Waals surface area contributed by atoms with E-state index < -0.39 is 4.92 Å². The molecule has 0 saturated heterocycles. The van der Waals surface area contributed by atoms with Crippen LogP contribution in [-0.2, 0) is 11.3 Å². The number of nitro groups is 1. The Kier molecular flexibility index (Phi) is 5.43. The minimum atomic E-state index is -0.458. The molecule has 0 spiro atoms. The van der Waals surface area contributed by atoms with Crippen LogP contribution in [0.4, 0.5) is 5.69 Å². The second kappa shape index (κ2) is 7.77. The van der Waals surface area contributed by atoms with Crippen molar-refractivity contribution in [1.82, 2.24) is 4.98 Å². The van der Waals surface area contributed by atoms with E-state index in [0.29, 0.717) is 40.3 Å². The molecule has 3 aromatic rings. The number of hydrogen-bond acceptors (Lipinski definition) is 6. The maximum absolute atomic E-state index is 11.3. The van der Waals surface area contributed by atoms with Crippen LogP contribution in [0, 0.1) is 10.1 Å². The first-order valence-corrected chi connectivity index (χ1v) is 8.35. The molecule has 0 N–H and O–H groups in total. The Balaban J connectivity index is 2.29. The third-order valence-corrected chi connectivity index (χ3v) is 4.39. The van der Waals surface area contributed by atoms with Crippen LogP contribution in [0.15, 0.2) is 36.4 Å². The van der Waals surface area contributed by atoms with Crippen molar-refractivity contribution in [3.8, 4) is 22.8 Å². The molecule has 0 saturated carbocycles. The fourth-order valence-electron chi connectivity index (χ4n) is 2.94. The molecule has 0 atom stereocenters. The van der Waals surface area contributed by atoms with Crippen LogP contribution in [-0.4, -0.2) is 31.2 Å². The smallest absolute Gasteiger partial charge is 0.278 e. The Morgan fingerprint density at radius 1 is 1.11 bits per heavy atom. The van der Waals surface area contributed by atoms with E-state index >= 15 is 0 Å². The molecular weight excluding hydrogens is 372 g/mol. The van der Waals surface area contributed by atoms with Gasteiger partial charge in [-0.05, 0) is 29.8 Å². The van der Waals surface area contributed by atoms with Crippen molar-refractivity contribution < 1.29 is 19.1 Å². The number of methoxy groups -OCH3 is 3. The van der Waals surface area contributed by atoms with Crippen LogP contribution in [0.3, 0.4) is 0 Å². The molecule has 27 heavy (non-hydrogen) atoms. The molecule has 3 rings (SSSR count). The number of rotatable bonds is 6. The first-order chi connectivity index (χ1) is 13.0. The van der Waals surface area contributed by atoms with Gasteiger partial charge in [0.2, 0.25) is 0 Å². The minimum absolute atomic E-state index is 0.0529. The zero-order valence-electron chi connectivity index (χ0n) is 15.0. The summed E-state index contributed by atoms with van der Waals surface area (Å²) in [6, 6.07) is 9.87. The van der Waals surface area contributed by atoms with Crippen molar-refractivity contribution >= 4 is 28.2 Å². The van der Waals surface area contributed by atoms with Crippen LogP contribution >= 0.6 is 11.6 Å². The number of aromatic nitrogens is 1. The van der Waals surface area contributed by atoms with Crippen LogP contribution in [0.2, 0.25) is 5.02 Å². The summed E-state index contributed by atoms with van der Waals surface area (Å²) in [4.78, 5) is 15.4. The molecule has 2 aromatic carbocycles. The predicted octanol–water partition coefficient (Wildman–Crippen LogP) is 4.63. The third kappa shape index (κ3) is 3.51. The number of non-ortho nitro benzene ring substituents is 1. The highest BCUT2D eigenvalue weighted by molar-refractivity contribution is 6.34. The normalized spacial score (nSPS) is 10.8. The van der Waals surface area contributed by atoms with E-state index in [1.165, 1.54) is 20.3 Å². The Morgan fingerprint density at radius 2 is 1.78 bits per heavy atom. The number of hydrogen-bond donors (Lipinski definition) is 0. The lowest BCUT2D eigenvalue weighted by Crippen LogP contribution is -1.99. The van der Waals surface area contributed by atoms with Gasteiger partial charge in [-0.25, -0.2) is 4.98 Å². The lowest BCUT2D eigenvalue weighted by Gasteiger charge is -2.16. The number of fused-ring (bicyclic) bond motifs is 1. The molecule has 0 bridgehead atoms. The fraction of sp³-hybridized carbons (Fsp3) is 0.211. The van der Waals surface area contributed by atoms with Crippen LogP contribution in [0.1, 0.15) is 5.56 Å². The Labute approximate surface area is 160 Å². The van der Waals surface area contributed by atoms with Gasteiger partial charge in [0.25, 0.3) is 5.69 Å². The summed E-state index contributed by atoms with van der Waals surface area (Å²) in [6.45, 7) is 0.387. The summed E-state index contributed by atoms with van der Waals surface area (Å²) in [5.74, 6) is 1.03. The van der Waals surface area contributed by atoms with Crippen molar-refractivity contribution in [3.05, 3.63) is 57.1 Å². The molecule has 0 aliphatic carbocycles. The standard InChI is InChI=1S/C19H17ClN2O5/c1-25-10-11-7-16(26-2)18(17(8-11)27-3)19-13(20)9-12-14(21-19)5-4-6-15(12)22(23)24/h4-9H,10H2,1-3H3. The maximum Gasteiger partial charge on any atom is 0.278 e. The van der Waals surface area contributed by atoms with E-state index in [1.54, 1.807) is 25.3 Å². The summed E-state index contributed by atoms with van der Waals surface area (Å²) in [5.41, 5.74) is 2.25. The van der Waals surface area contributed by atoms with Crippen molar-refractivity contribution in [3.63, 3.8) is 0 Å². The number of ether oxygens (including phenoxy) is 3. The van der Waals surface area contributed by atoms with Gasteiger partial charge in [-0.3, -0.25) is 10.1 Å². The number of pyridine rings is 1. The van der Waals surface area contributed by atoms with Gasteiger partial charge in [0.05, 0.1) is 52.9 Å². The minimum Gasteiger partial charge on any atom is -0.496 e. The van der Waals surface area contributed by atoms with Gasteiger partial charge in [0, 0.05) is 13.2 Å². The van der Waals surface area contributed by atoms with Gasteiger partial charge in [0.15, 0.2) is 0 Å². The topological polar surface area (TPSA) is 83.7 Å². The molecule has 0 unspecified atom stereocenters. The Morgan fingerprint density at radius 3 is 2.33 bits per heavy atom. The molecule has 1 heterocycles. The molecule has 0 amide bonds. The number of nitro benzene ring substituents is 1. The van der Waals surface area contributed by atoms with Crippen LogP contribution in [0.25, 0.3) is 22.2 Å². The Hall–Kier alpha value is -2.90. The highest BCUT2D eigenvalue weighted by atomic mass is 35.5. The quantitative estimate of drug-likeness (QED) is 0.452. The van der Waals surface area contributed by atoms with E-state index in [0.717, 1.165) is 5.56 Å². The fourth-order valence-corrected chi connectivity index (χ4v) is 3.19. The first-order valence-electron chi connectivity index (χ1n) is 7.98. The third-order valence-electron chi connectivity index (χ3n) is 4.10. The average molecular weight is 389 g/mol. The molecule has 7 nitrogen and oxygen atoms in total. The zero-order chi connectivity index (χ0) is 19.6. The predicted molar refractivity (Wildman–Crippen MR) is 103 cm³/mol. The largest absolute Gasteiger partial charge is 0.496 e. The summed E-state index contributed by atoms with van der Waals surface area (Å²) >= 11 is 6.45. The molecule has 1 aromatic heterocycles. The molecule has 0 radical (unpaired) electrons. The molecular formula is C19H17ClN2O5. The summed E-state index contributed by atoms with van der Waals surface area (Å²) in [5, 5.41) is 11.9. The van der Waals surface area contributed by atoms with Crippen molar-refractivity contribution in [2.75, 3.05) is 21.3 Å². The first kappa shape index (κ1) is 18.9. The highest BCUT2D eigenvalue weighted by Crippen LogP contribution is 2.43. The monoisotopic (exact) mass is 388 g/mol. The summed E-state index contributed by atoms with van der Waals surface area (Å²) < 4.78 is 16.2. The van der Waals surface area contributed by atoms with Crippen LogP contribution < -0.4 is 9.47 Å². The van der Waals surface area contributed by atoms with Crippen molar-refractivity contribution in [2.45, 2.75) is 6.61 Å². The van der Waals surface area contributed by atoms with E-state index in [2.05, 4.69) is 4.98 Å². The number of nitrogens with zero attached hydrogens (tertiary/aromatic N) is 2. The van der Waals surface area contributed by atoms with Crippen molar-refractivity contribution in [1.29, 1.82) is 0 Å². The van der Waals surface area contributed by atoms with Crippen LogP contribution in [0.5, 0.6) is 11.5 Å². The molecule has 0 aliphatic heterocycles. The zero-order valence-corrected chi connectivity index (χ0v) is 15.7. The Bertz CT molecular complexity index is 997. The van der Waals surface area contributed by atoms with Gasteiger partial charge in [0.1, 0.15) is 11.5 Å². The van der Waals surface area contributed by atoms with E-state index in [9.17, 15) is 10.1 Å². The van der Waals surface area contributed by atoms with E-state index in [1.807, 2.05) is 12.1 Å². The molecule has 140 valence electrons. The maximum atomic E-state index is 11.3. The SMILES string of the molecule is COCc1cc(OC)c(-c2nc3cccc([N+](=O)[O-])c3cc2Cl)c(OC)c1. The van der Waals surface area contributed by atoms with Gasteiger partial charge in [-0.15, -0.1) is 0 Å². The second-order valence-electron chi connectivity index (χ2n) is 5.73. The lowest BCUT2D eigenvalue weighted by atomic mass is 10.0. The molecule has 0 aliphatic rings. The van der Waals surface area contributed by atoms with Gasteiger partial charge < -0.3 is 14.2 Å². The lowest BCUT2D eigenvalue weighted by molar-refractivity contribution is -0.383. The number of benzene rings is 2.